The highest BCUT2D eigenvalue weighted by molar-refractivity contribution is 7.93. The highest BCUT2D eigenvalue weighted by Gasteiger charge is 2.55. The summed E-state index contributed by atoms with van der Waals surface area (Å²) in [7, 11) is -3.66. The van der Waals surface area contributed by atoms with E-state index in [1.165, 1.54) is 24.3 Å². The molecule has 164 valence electrons. The predicted molar refractivity (Wildman–Crippen MR) is 113 cm³/mol. The van der Waals surface area contributed by atoms with E-state index in [2.05, 4.69) is 9.98 Å². The van der Waals surface area contributed by atoms with Gasteiger partial charge in [-0.2, -0.15) is 0 Å². The number of benzene rings is 1. The van der Waals surface area contributed by atoms with Crippen molar-refractivity contribution in [3.8, 4) is 0 Å². The summed E-state index contributed by atoms with van der Waals surface area (Å²) in [5.74, 6) is -1.86. The Morgan fingerprint density at radius 3 is 2.48 bits per heavy atom. The van der Waals surface area contributed by atoms with Gasteiger partial charge in [-0.05, 0) is 49.6 Å². The van der Waals surface area contributed by atoms with Gasteiger partial charge in [0.2, 0.25) is 0 Å². The Morgan fingerprint density at radius 1 is 1.16 bits per heavy atom. The molecule has 4 rings (SSSR count). The van der Waals surface area contributed by atoms with Crippen molar-refractivity contribution in [3.05, 3.63) is 65.0 Å². The van der Waals surface area contributed by atoms with Gasteiger partial charge in [0.15, 0.2) is 15.6 Å². The van der Waals surface area contributed by atoms with Crippen LogP contribution in [0, 0.1) is 11.6 Å². The lowest BCUT2D eigenvalue weighted by Gasteiger charge is -2.39. The number of hydrogen-bond donors (Lipinski definition) is 1. The highest BCUT2D eigenvalue weighted by atomic mass is 32.2. The average molecular weight is 448 g/mol. The molecule has 31 heavy (non-hydrogen) atoms. The van der Waals surface area contributed by atoms with Crippen molar-refractivity contribution in [1.82, 2.24) is 4.98 Å². The smallest absolute Gasteiger partial charge is 0.185 e. The largest absolute Gasteiger partial charge is 0.386 e. The molecule has 2 aliphatic rings. The summed E-state index contributed by atoms with van der Waals surface area (Å²) in [5, 5.41) is 0. The lowest BCUT2D eigenvalue weighted by atomic mass is 9.90. The molecule has 0 radical (unpaired) electrons. The van der Waals surface area contributed by atoms with Gasteiger partial charge in [0, 0.05) is 12.0 Å². The molecule has 1 aromatic carbocycles. The fourth-order valence-corrected chi connectivity index (χ4v) is 7.14. The van der Waals surface area contributed by atoms with Crippen molar-refractivity contribution >= 4 is 21.5 Å². The van der Waals surface area contributed by atoms with Crippen molar-refractivity contribution in [3.63, 3.8) is 0 Å². The normalized spacial score (nSPS) is 24.2. The minimum atomic E-state index is -3.66. The van der Waals surface area contributed by atoms with Crippen LogP contribution in [0.25, 0.3) is 0 Å². The number of Topliss-reactive ketones (excluding diaryl/α,β-unsaturated/α-hetero) is 1. The molecule has 1 spiro atoms. The number of nitrogens with two attached hydrogens (primary N) is 1. The third-order valence-corrected chi connectivity index (χ3v) is 9.05. The van der Waals surface area contributed by atoms with Crippen LogP contribution >= 0.6 is 0 Å². The molecule has 9 heteroatoms. The van der Waals surface area contributed by atoms with Gasteiger partial charge in [0.1, 0.15) is 33.4 Å². The first-order valence-corrected chi connectivity index (χ1v) is 11.7. The summed E-state index contributed by atoms with van der Waals surface area (Å²) in [4.78, 5) is 20.8. The first-order chi connectivity index (χ1) is 14.6. The van der Waals surface area contributed by atoms with Gasteiger partial charge >= 0.3 is 0 Å². The van der Waals surface area contributed by atoms with Gasteiger partial charge < -0.3 is 5.73 Å². The third kappa shape index (κ3) is 3.64. The van der Waals surface area contributed by atoms with Crippen LogP contribution in [0.3, 0.4) is 0 Å². The number of halogens is 2. The second kappa shape index (κ2) is 7.47. The fourth-order valence-electron chi connectivity index (χ4n) is 4.63. The summed E-state index contributed by atoms with van der Waals surface area (Å²) in [6.45, 7) is 1.55. The van der Waals surface area contributed by atoms with Crippen LogP contribution in [0.5, 0.6) is 0 Å². The van der Waals surface area contributed by atoms with E-state index in [0.29, 0.717) is 18.4 Å². The Hall–Kier alpha value is -2.68. The minimum absolute atomic E-state index is 0.0372. The number of pyridine rings is 1. The van der Waals surface area contributed by atoms with Gasteiger partial charge in [-0.25, -0.2) is 17.2 Å². The molecule has 1 atom stereocenters. The Labute approximate surface area is 179 Å². The van der Waals surface area contributed by atoms with Crippen LogP contribution in [0.15, 0.2) is 41.5 Å². The van der Waals surface area contributed by atoms with Crippen LogP contribution in [-0.2, 0) is 21.8 Å². The number of aliphatic imine (C=N–C) groups is 1. The fraction of sp³-hybridized carbons (Fsp3) is 0.409. The maximum atomic E-state index is 14.8. The number of ketones is 1. The molecular weight excluding hydrogens is 424 g/mol. The summed E-state index contributed by atoms with van der Waals surface area (Å²) >= 11 is 0. The van der Waals surface area contributed by atoms with E-state index < -0.39 is 31.8 Å². The van der Waals surface area contributed by atoms with Crippen LogP contribution in [0.1, 0.15) is 54.2 Å². The lowest BCUT2D eigenvalue weighted by Crippen LogP contribution is -2.56. The Morgan fingerprint density at radius 2 is 1.87 bits per heavy atom. The van der Waals surface area contributed by atoms with Crippen molar-refractivity contribution < 1.29 is 22.0 Å². The van der Waals surface area contributed by atoms with E-state index in [1.54, 1.807) is 6.92 Å². The molecule has 2 N–H and O–H groups in total. The summed E-state index contributed by atoms with van der Waals surface area (Å²) in [6.07, 6.45) is 3.24. The van der Waals surface area contributed by atoms with E-state index in [1.807, 2.05) is 0 Å². The zero-order chi connectivity index (χ0) is 22.4. The standard InChI is InChI=1S/C22H23F2N3O3S/c1-21(13-31(29,30)22(20(25)27-21)8-2-3-9-22)16-10-14(4-6-17(16)24)11-19(28)18-7-5-15(23)12-26-18/h4-7,10,12H,2-3,8-9,11,13H2,1H3,(H2,25,27)/t21-/m0/s1. The van der Waals surface area contributed by atoms with Gasteiger partial charge in [-0.3, -0.25) is 14.8 Å². The topological polar surface area (TPSA) is 102 Å². The Bertz CT molecular complexity index is 1170. The zero-order valence-corrected chi connectivity index (χ0v) is 17.9. The first-order valence-electron chi connectivity index (χ1n) is 10.1. The number of sulfone groups is 1. The van der Waals surface area contributed by atoms with Crippen molar-refractivity contribution in [1.29, 1.82) is 0 Å². The molecule has 1 saturated carbocycles. The molecule has 6 nitrogen and oxygen atoms in total. The van der Waals surface area contributed by atoms with Crippen LogP contribution in [0.4, 0.5) is 8.78 Å². The van der Waals surface area contributed by atoms with Crippen LogP contribution < -0.4 is 5.73 Å². The lowest BCUT2D eigenvalue weighted by molar-refractivity contribution is 0.0988. The number of aromatic nitrogens is 1. The molecule has 1 aliphatic carbocycles. The summed E-state index contributed by atoms with van der Waals surface area (Å²) in [6, 6.07) is 6.52. The number of nitrogens with zero attached hydrogens (tertiary/aromatic N) is 2. The van der Waals surface area contributed by atoms with Crippen molar-refractivity contribution in [2.75, 3.05) is 5.75 Å². The van der Waals surface area contributed by atoms with Crippen molar-refractivity contribution in [2.45, 2.75) is 49.3 Å². The number of carbonyl (C=O) groups is 1. The zero-order valence-electron chi connectivity index (χ0n) is 17.1. The summed E-state index contributed by atoms with van der Waals surface area (Å²) < 4.78 is 53.1. The molecule has 0 unspecified atom stereocenters. The van der Waals surface area contributed by atoms with Crippen LogP contribution in [0.2, 0.25) is 0 Å². The van der Waals surface area contributed by atoms with Gasteiger partial charge in [0.25, 0.3) is 0 Å². The van der Waals surface area contributed by atoms with Gasteiger partial charge in [-0.15, -0.1) is 0 Å². The molecule has 1 aliphatic heterocycles. The maximum Gasteiger partial charge on any atom is 0.185 e. The number of hydrogen-bond acceptors (Lipinski definition) is 6. The molecule has 1 aromatic heterocycles. The van der Waals surface area contributed by atoms with E-state index in [9.17, 15) is 22.0 Å². The quantitative estimate of drug-likeness (QED) is 0.726. The summed E-state index contributed by atoms with van der Waals surface area (Å²) in [5.41, 5.74) is 5.41. The van der Waals surface area contributed by atoms with E-state index in [0.717, 1.165) is 25.1 Å². The second-order valence-corrected chi connectivity index (χ2v) is 10.8. The molecule has 0 saturated heterocycles. The van der Waals surface area contributed by atoms with E-state index >= 15 is 0 Å². The monoisotopic (exact) mass is 447 g/mol. The first kappa shape index (κ1) is 21.5. The SMILES string of the molecule is C[C@@]1(c2cc(CC(=O)c3ccc(F)cn3)ccc2F)CS(=O)(=O)C2(CCCC2)C(N)=N1. The van der Waals surface area contributed by atoms with Gasteiger partial charge in [-0.1, -0.05) is 18.9 Å². The number of rotatable bonds is 4. The second-order valence-electron chi connectivity index (χ2n) is 8.51. The van der Waals surface area contributed by atoms with E-state index in [-0.39, 0.29) is 35.0 Å². The number of carbonyl (C=O) groups excluding carboxylic acids is 1. The van der Waals surface area contributed by atoms with Crippen molar-refractivity contribution in [2.24, 2.45) is 10.7 Å². The minimum Gasteiger partial charge on any atom is -0.386 e. The Balaban J connectivity index is 1.69. The molecular formula is C22H23F2N3O3S. The van der Waals surface area contributed by atoms with E-state index in [4.69, 9.17) is 5.73 Å². The predicted octanol–water partition coefficient (Wildman–Crippen LogP) is 3.10. The molecule has 0 amide bonds. The Kier molecular flexibility index (Phi) is 5.20. The maximum absolute atomic E-state index is 14.8. The molecule has 2 heterocycles. The number of amidine groups is 1. The highest BCUT2D eigenvalue weighted by Crippen LogP contribution is 2.45. The van der Waals surface area contributed by atoms with Gasteiger partial charge in [0.05, 0.1) is 11.9 Å². The molecule has 0 bridgehead atoms. The van der Waals surface area contributed by atoms with Crippen LogP contribution in [-0.4, -0.2) is 35.5 Å². The molecule has 1 fully saturated rings. The average Bonchev–Trinajstić information content (AvgIpc) is 3.20. The molecule has 2 aromatic rings. The third-order valence-electron chi connectivity index (χ3n) is 6.30.